The Hall–Kier alpha value is -0.570. The minimum Gasteiger partial charge on any atom is -0.481 e. The number of likely N-dealkylation sites (tertiary alicyclic amines) is 1. The van der Waals surface area contributed by atoms with Crippen molar-refractivity contribution in [2.75, 3.05) is 7.05 Å². The smallest absolute Gasteiger partial charge is 0.306 e. The average Bonchev–Trinajstić information content (AvgIpc) is 1.99. The quantitative estimate of drug-likeness (QED) is 0.644. The molecule has 0 aromatic carbocycles. The monoisotopic (exact) mass is 171 g/mol. The molecule has 0 aromatic heterocycles. The molecule has 3 nitrogen and oxygen atoms in total. The normalized spacial score (nSPS) is 38.1. The maximum atomic E-state index is 10.7. The van der Waals surface area contributed by atoms with E-state index < -0.39 is 5.97 Å². The van der Waals surface area contributed by atoms with Gasteiger partial charge >= 0.3 is 5.97 Å². The van der Waals surface area contributed by atoms with Crippen LogP contribution in [0, 0.1) is 5.92 Å². The molecule has 1 saturated heterocycles. The Morgan fingerprint density at radius 2 is 1.75 bits per heavy atom. The van der Waals surface area contributed by atoms with Gasteiger partial charge in [0.1, 0.15) is 0 Å². The third-order valence-electron chi connectivity index (χ3n) is 2.99. The lowest BCUT2D eigenvalue weighted by Crippen LogP contribution is -2.45. The first kappa shape index (κ1) is 9.52. The van der Waals surface area contributed by atoms with E-state index in [0.29, 0.717) is 12.1 Å². The molecule has 3 atom stereocenters. The van der Waals surface area contributed by atoms with Crippen LogP contribution in [0.4, 0.5) is 0 Å². The number of rotatable bonds is 1. The summed E-state index contributed by atoms with van der Waals surface area (Å²) in [5.41, 5.74) is 0. The molecule has 3 heteroatoms. The molecule has 0 aromatic rings. The fourth-order valence-corrected chi connectivity index (χ4v) is 1.89. The van der Waals surface area contributed by atoms with E-state index in [0.717, 1.165) is 12.8 Å². The Kier molecular flexibility index (Phi) is 2.73. The van der Waals surface area contributed by atoms with Crippen LogP contribution >= 0.6 is 0 Å². The number of carbonyl (C=O) groups is 1. The van der Waals surface area contributed by atoms with Crippen molar-refractivity contribution in [2.24, 2.45) is 5.92 Å². The zero-order valence-corrected chi connectivity index (χ0v) is 7.95. The standard InChI is InChI=1S/C9H17NO2/c1-6-4-8(9(11)12)5-7(2)10(6)3/h6-8H,4-5H2,1-3H3,(H,11,12)/t6-,7+,8?. The second-order valence-corrected chi connectivity index (χ2v) is 3.87. The van der Waals surface area contributed by atoms with Gasteiger partial charge in [-0.1, -0.05) is 0 Å². The first-order valence-corrected chi connectivity index (χ1v) is 4.47. The second-order valence-electron chi connectivity index (χ2n) is 3.87. The predicted molar refractivity (Wildman–Crippen MR) is 47.0 cm³/mol. The Bertz CT molecular complexity index is 169. The summed E-state index contributed by atoms with van der Waals surface area (Å²) in [5.74, 6) is -0.770. The maximum Gasteiger partial charge on any atom is 0.306 e. The van der Waals surface area contributed by atoms with Crippen molar-refractivity contribution in [3.8, 4) is 0 Å². The van der Waals surface area contributed by atoms with Crippen LogP contribution in [0.25, 0.3) is 0 Å². The van der Waals surface area contributed by atoms with Crippen LogP contribution in [0.5, 0.6) is 0 Å². The highest BCUT2D eigenvalue weighted by atomic mass is 16.4. The lowest BCUT2D eigenvalue weighted by atomic mass is 9.88. The number of aliphatic carboxylic acids is 1. The summed E-state index contributed by atoms with van der Waals surface area (Å²) in [6, 6.07) is 0.796. The van der Waals surface area contributed by atoms with Crippen molar-refractivity contribution < 1.29 is 9.90 Å². The van der Waals surface area contributed by atoms with Crippen molar-refractivity contribution in [3.05, 3.63) is 0 Å². The summed E-state index contributed by atoms with van der Waals surface area (Å²) in [7, 11) is 2.06. The number of piperidine rings is 1. The molecule has 0 bridgehead atoms. The van der Waals surface area contributed by atoms with Crippen molar-refractivity contribution in [3.63, 3.8) is 0 Å². The molecular weight excluding hydrogens is 154 g/mol. The van der Waals surface area contributed by atoms with E-state index in [1.54, 1.807) is 0 Å². The fraction of sp³-hybridized carbons (Fsp3) is 0.889. The van der Waals surface area contributed by atoms with E-state index in [2.05, 4.69) is 25.8 Å². The fourth-order valence-electron chi connectivity index (χ4n) is 1.89. The van der Waals surface area contributed by atoms with Gasteiger partial charge in [0.2, 0.25) is 0 Å². The summed E-state index contributed by atoms with van der Waals surface area (Å²) < 4.78 is 0. The summed E-state index contributed by atoms with van der Waals surface area (Å²) in [6.45, 7) is 4.18. The molecule has 1 N–H and O–H groups in total. The summed E-state index contributed by atoms with van der Waals surface area (Å²) in [6.07, 6.45) is 1.58. The number of carboxylic acid groups (broad SMARTS) is 1. The van der Waals surface area contributed by atoms with Crippen molar-refractivity contribution in [2.45, 2.75) is 38.8 Å². The van der Waals surface area contributed by atoms with Crippen molar-refractivity contribution in [1.29, 1.82) is 0 Å². The van der Waals surface area contributed by atoms with E-state index in [4.69, 9.17) is 5.11 Å². The number of nitrogens with zero attached hydrogens (tertiary/aromatic N) is 1. The molecule has 1 aliphatic heterocycles. The Morgan fingerprint density at radius 1 is 1.33 bits per heavy atom. The summed E-state index contributed by atoms with van der Waals surface area (Å²) in [5, 5.41) is 8.84. The van der Waals surface area contributed by atoms with Gasteiger partial charge in [-0.25, -0.2) is 0 Å². The molecule has 70 valence electrons. The molecule has 1 unspecified atom stereocenters. The lowest BCUT2D eigenvalue weighted by molar-refractivity contribution is -0.144. The highest BCUT2D eigenvalue weighted by Crippen LogP contribution is 2.26. The number of carboxylic acids is 1. The van der Waals surface area contributed by atoms with Crippen molar-refractivity contribution >= 4 is 5.97 Å². The average molecular weight is 171 g/mol. The van der Waals surface area contributed by atoms with Crippen LogP contribution in [0.3, 0.4) is 0 Å². The molecule has 1 aliphatic rings. The molecule has 0 saturated carbocycles. The molecule has 0 aliphatic carbocycles. The van der Waals surface area contributed by atoms with E-state index >= 15 is 0 Å². The number of hydrogen-bond acceptors (Lipinski definition) is 2. The molecule has 0 radical (unpaired) electrons. The first-order chi connectivity index (χ1) is 5.52. The SMILES string of the molecule is C[C@@H]1CC(C(=O)O)C[C@H](C)N1C. The van der Waals surface area contributed by atoms with Gasteiger partial charge in [0, 0.05) is 12.1 Å². The second kappa shape index (κ2) is 3.44. The molecule has 1 rings (SSSR count). The highest BCUT2D eigenvalue weighted by molar-refractivity contribution is 5.70. The van der Waals surface area contributed by atoms with Gasteiger partial charge < -0.3 is 10.0 Å². The van der Waals surface area contributed by atoms with Crippen LogP contribution in [0.15, 0.2) is 0 Å². The maximum absolute atomic E-state index is 10.7. The molecule has 1 heterocycles. The lowest BCUT2D eigenvalue weighted by Gasteiger charge is -2.38. The van der Waals surface area contributed by atoms with Gasteiger partial charge in [-0.15, -0.1) is 0 Å². The van der Waals surface area contributed by atoms with Gasteiger partial charge in [0.25, 0.3) is 0 Å². The van der Waals surface area contributed by atoms with E-state index in [-0.39, 0.29) is 5.92 Å². The van der Waals surface area contributed by atoms with Crippen molar-refractivity contribution in [1.82, 2.24) is 4.90 Å². The van der Waals surface area contributed by atoms with E-state index in [1.165, 1.54) is 0 Å². The minimum absolute atomic E-state index is 0.133. The largest absolute Gasteiger partial charge is 0.481 e. The third-order valence-corrected chi connectivity index (χ3v) is 2.99. The summed E-state index contributed by atoms with van der Waals surface area (Å²) in [4.78, 5) is 13.0. The molecule has 12 heavy (non-hydrogen) atoms. The molecule has 1 fully saturated rings. The Morgan fingerprint density at radius 3 is 2.08 bits per heavy atom. The molecule has 0 amide bonds. The van der Waals surface area contributed by atoms with Gasteiger partial charge in [-0.2, -0.15) is 0 Å². The summed E-state index contributed by atoms with van der Waals surface area (Å²) >= 11 is 0. The van der Waals surface area contributed by atoms with Crippen LogP contribution in [0.1, 0.15) is 26.7 Å². The van der Waals surface area contributed by atoms with Crippen LogP contribution in [0.2, 0.25) is 0 Å². The zero-order valence-electron chi connectivity index (χ0n) is 7.95. The van der Waals surface area contributed by atoms with Crippen LogP contribution < -0.4 is 0 Å². The van der Waals surface area contributed by atoms with E-state index in [9.17, 15) is 4.79 Å². The topological polar surface area (TPSA) is 40.5 Å². The minimum atomic E-state index is -0.637. The zero-order chi connectivity index (χ0) is 9.30. The van der Waals surface area contributed by atoms with E-state index in [1.807, 2.05) is 0 Å². The van der Waals surface area contributed by atoms with Gasteiger partial charge in [0.15, 0.2) is 0 Å². The van der Waals surface area contributed by atoms with Crippen LogP contribution in [-0.2, 0) is 4.79 Å². The van der Waals surface area contributed by atoms with Gasteiger partial charge in [-0.3, -0.25) is 4.79 Å². The third kappa shape index (κ3) is 1.78. The highest BCUT2D eigenvalue weighted by Gasteiger charge is 2.31. The Labute approximate surface area is 73.4 Å². The first-order valence-electron chi connectivity index (χ1n) is 4.47. The van der Waals surface area contributed by atoms with Crippen LogP contribution in [-0.4, -0.2) is 35.1 Å². The number of hydrogen-bond donors (Lipinski definition) is 1. The predicted octanol–water partition coefficient (Wildman–Crippen LogP) is 1.19. The van der Waals surface area contributed by atoms with Gasteiger partial charge in [-0.05, 0) is 33.7 Å². The Balaban J connectivity index is 2.59. The molecular formula is C9H17NO2. The molecule has 0 spiro atoms. The van der Waals surface area contributed by atoms with Gasteiger partial charge in [0.05, 0.1) is 5.92 Å².